The number of aromatic nitrogens is 2. The number of phenols is 1. The summed E-state index contributed by atoms with van der Waals surface area (Å²) in [6.07, 6.45) is 1.27. The second-order valence-electron chi connectivity index (χ2n) is 23.8. The first-order valence-electron chi connectivity index (χ1n) is 31.1. The molecule has 0 fully saturated rings. The Morgan fingerprint density at radius 1 is 0.510 bits per heavy atom. The van der Waals surface area contributed by atoms with Crippen molar-refractivity contribution in [2.45, 2.75) is 160 Å². The number of aliphatic hydroxyl groups excluding tert-OH is 1. The third kappa shape index (κ3) is 29.2. The molecule has 35 nitrogen and oxygen atoms in total. The smallest absolute Gasteiger partial charge is 0.322 e. The molecular formula is C61H94N20O15. The fourth-order valence-corrected chi connectivity index (χ4v) is 9.47. The number of aromatic hydroxyl groups is 1. The molecular weight excluding hydrogens is 1250 g/mol. The van der Waals surface area contributed by atoms with Crippen molar-refractivity contribution in [2.75, 3.05) is 26.2 Å². The molecule has 0 bridgehead atoms. The number of rotatable bonds is 42. The maximum absolute atomic E-state index is 14.7. The van der Waals surface area contributed by atoms with Gasteiger partial charge in [0, 0.05) is 37.8 Å². The Hall–Kier alpha value is -10.4. The van der Waals surface area contributed by atoms with E-state index in [0.717, 1.165) is 5.56 Å². The first kappa shape index (κ1) is 79.8. The van der Waals surface area contributed by atoms with Crippen LogP contribution in [0.2, 0.25) is 0 Å². The molecule has 0 aliphatic carbocycles. The first-order valence-corrected chi connectivity index (χ1v) is 31.1. The minimum absolute atomic E-state index is 0.0207. The number of phenolic OH excluding ortho intramolecular Hbond substituents is 1. The number of benzene rings is 2. The number of carboxylic acid groups (broad SMARTS) is 1. The lowest BCUT2D eigenvalue weighted by molar-refractivity contribution is -0.139. The van der Waals surface area contributed by atoms with E-state index in [1.807, 2.05) is 0 Å². The van der Waals surface area contributed by atoms with Gasteiger partial charge in [0.2, 0.25) is 65.0 Å². The van der Waals surface area contributed by atoms with Crippen molar-refractivity contribution in [3.05, 3.63) is 83.9 Å². The van der Waals surface area contributed by atoms with Crippen molar-refractivity contribution in [1.82, 2.24) is 63.1 Å². The highest BCUT2D eigenvalue weighted by molar-refractivity contribution is 5.99. The molecule has 3 aromatic rings. The molecule has 26 N–H and O–H groups in total. The summed E-state index contributed by atoms with van der Waals surface area (Å²) in [5, 5.41) is 54.7. The summed E-state index contributed by atoms with van der Waals surface area (Å²) in [6.45, 7) is 8.09. The molecule has 0 spiro atoms. The maximum atomic E-state index is 14.7. The number of nitrogens with zero attached hydrogens (tertiary/aromatic N) is 3. The predicted molar refractivity (Wildman–Crippen MR) is 350 cm³/mol. The maximum Gasteiger partial charge on any atom is 0.322 e. The van der Waals surface area contributed by atoms with Gasteiger partial charge in [0.15, 0.2) is 11.9 Å². The van der Waals surface area contributed by atoms with Gasteiger partial charge in [-0.05, 0) is 79.5 Å². The molecule has 10 atom stereocenters. The summed E-state index contributed by atoms with van der Waals surface area (Å²) in [6, 6.07) is -0.246. The molecule has 0 aliphatic rings. The van der Waals surface area contributed by atoms with E-state index in [-0.39, 0.29) is 88.0 Å². The number of guanidine groups is 2. The van der Waals surface area contributed by atoms with Crippen molar-refractivity contribution >= 4 is 82.9 Å². The summed E-state index contributed by atoms with van der Waals surface area (Å²) in [5.74, 6) is -14.1. The molecule has 0 radical (unpaired) electrons. The van der Waals surface area contributed by atoms with Gasteiger partial charge >= 0.3 is 5.97 Å². The van der Waals surface area contributed by atoms with Gasteiger partial charge in [-0.3, -0.25) is 67.5 Å². The van der Waals surface area contributed by atoms with Gasteiger partial charge in [-0.15, -0.1) is 0 Å². The standard InChI is InChI=1S/C61H94N20O15/c1-31(2)22-41(54(91)76-42(24-35-16-18-37(83)19-17-35)55(92)73-39(14-10-20-69-60(64)65)52(89)77-44(26-46(63)84)51(88)71-28-47(85)86)75-56(93)43(25-36-27-68-30-72-36)78-58(95)48(32(3)4)81-59(96)49(33(5)6)80-53(90)40(15-11-21-70-61(66)67)74-57(94)45(29-82)79-50(87)38(62)23-34-12-8-7-9-13-34/h7-9,12-13,16-19,27,30-33,38-45,48-49,82-83H,10-11,14-15,20-26,28-29,62H2,1-6H3,(H2,63,84)(H,68,72)(H,71,88)(H,73,92)(H,74,94)(H,75,93)(H,76,91)(H,77,89)(H,78,95)(H,79,87)(H,80,90)(H,81,96)(H,85,86)(H4,64,65,69)(H4,66,67,70)/t38-,39-,40-,41-,42-,43-,44-,45-,48-,49-/m0/s1. The van der Waals surface area contributed by atoms with Crippen molar-refractivity contribution in [2.24, 2.45) is 62.1 Å². The van der Waals surface area contributed by atoms with E-state index >= 15 is 0 Å². The molecule has 3 rings (SSSR count). The number of hydrogen-bond acceptors (Lipinski definition) is 18. The molecule has 0 saturated carbocycles. The number of carboxylic acids is 1. The Bertz CT molecular complexity index is 3140. The highest BCUT2D eigenvalue weighted by Gasteiger charge is 2.38. The number of aliphatic carboxylic acids is 1. The number of primary amides is 1. The third-order valence-electron chi connectivity index (χ3n) is 14.5. The quantitative estimate of drug-likeness (QED) is 0.0143. The molecule has 1 heterocycles. The predicted octanol–water partition coefficient (Wildman–Crippen LogP) is -5.63. The van der Waals surface area contributed by atoms with Crippen LogP contribution in [-0.2, 0) is 76.8 Å². The zero-order valence-electron chi connectivity index (χ0n) is 54.6. The number of nitrogens with one attached hydrogen (secondary N) is 11. The molecule has 0 aliphatic heterocycles. The van der Waals surface area contributed by atoms with Crippen LogP contribution in [0.1, 0.15) is 96.9 Å². The van der Waals surface area contributed by atoms with Crippen LogP contribution in [0.15, 0.2) is 77.1 Å². The largest absolute Gasteiger partial charge is 0.508 e. The zero-order valence-corrected chi connectivity index (χ0v) is 54.6. The van der Waals surface area contributed by atoms with Gasteiger partial charge in [0.25, 0.3) is 0 Å². The SMILES string of the molecule is CC(C)C[C@H](NC(=O)[C@H](Cc1cnc[nH]1)NC(=O)[C@@H](NC(=O)[C@@H](NC(=O)[C@H](CCCN=C(N)N)NC(=O)[C@H](CO)NC(=O)[C@@H](N)Cc1ccccc1)C(C)C)C(C)C)C(=O)N[C@@H](Cc1ccc(O)cc1)C(=O)N[C@@H](CCCN=C(N)N)C(=O)N[C@@H](CC(N)=O)C(=O)NCC(=O)O. The average Bonchev–Trinajstić information content (AvgIpc) is 2.86. The van der Waals surface area contributed by atoms with Gasteiger partial charge in [0.05, 0.1) is 25.4 Å². The number of carbonyl (C=O) groups excluding carboxylic acids is 11. The van der Waals surface area contributed by atoms with Crippen molar-refractivity contribution in [1.29, 1.82) is 0 Å². The van der Waals surface area contributed by atoms with Crippen LogP contribution in [0.4, 0.5) is 0 Å². The Morgan fingerprint density at radius 3 is 1.44 bits per heavy atom. The number of aliphatic hydroxyl groups is 1. The number of H-pyrrole nitrogens is 1. The fourth-order valence-electron chi connectivity index (χ4n) is 9.47. The van der Waals surface area contributed by atoms with Crippen LogP contribution >= 0.6 is 0 Å². The number of aliphatic imine (C=N–C) groups is 2. The second-order valence-corrected chi connectivity index (χ2v) is 23.8. The van der Waals surface area contributed by atoms with E-state index in [1.165, 1.54) is 36.8 Å². The molecule has 528 valence electrons. The zero-order chi connectivity index (χ0) is 71.8. The summed E-state index contributed by atoms with van der Waals surface area (Å²) >= 11 is 0. The van der Waals surface area contributed by atoms with E-state index < -0.39 is 163 Å². The minimum atomic E-state index is -1.70. The Morgan fingerprint density at radius 2 is 0.948 bits per heavy atom. The first-order chi connectivity index (χ1) is 45.3. The molecule has 1 aromatic heterocycles. The van der Waals surface area contributed by atoms with Crippen molar-refractivity contribution in [3.8, 4) is 5.75 Å². The van der Waals surface area contributed by atoms with Gasteiger partial charge in [-0.1, -0.05) is 84.0 Å². The topological polar surface area (TPSA) is 595 Å². The fraction of sp³-hybridized carbons (Fsp3) is 0.525. The molecule has 0 unspecified atom stereocenters. The Labute approximate surface area is 554 Å². The monoisotopic (exact) mass is 1350 g/mol. The van der Waals surface area contributed by atoms with E-state index in [9.17, 15) is 67.7 Å². The third-order valence-corrected chi connectivity index (χ3v) is 14.5. The lowest BCUT2D eigenvalue weighted by Gasteiger charge is -2.30. The Kier molecular flexibility index (Phi) is 33.8. The lowest BCUT2D eigenvalue weighted by atomic mass is 9.98. The number of hydrogen-bond donors (Lipinski definition) is 20. The summed E-state index contributed by atoms with van der Waals surface area (Å²) in [4.78, 5) is 179. The average molecular weight is 1350 g/mol. The van der Waals surface area contributed by atoms with E-state index in [1.54, 1.807) is 71.9 Å². The van der Waals surface area contributed by atoms with E-state index in [2.05, 4.69) is 73.1 Å². The van der Waals surface area contributed by atoms with Crippen LogP contribution in [0, 0.1) is 17.8 Å². The number of aromatic amines is 1. The number of nitrogens with two attached hydrogens (primary N) is 6. The summed E-state index contributed by atoms with van der Waals surface area (Å²) in [5.41, 5.74) is 34.9. The van der Waals surface area contributed by atoms with Crippen LogP contribution < -0.4 is 87.6 Å². The van der Waals surface area contributed by atoms with Crippen molar-refractivity contribution < 1.29 is 72.9 Å². The van der Waals surface area contributed by atoms with Crippen molar-refractivity contribution in [3.63, 3.8) is 0 Å². The number of imidazole rings is 1. The highest BCUT2D eigenvalue weighted by Crippen LogP contribution is 2.16. The van der Waals surface area contributed by atoms with E-state index in [4.69, 9.17) is 39.5 Å². The van der Waals surface area contributed by atoms with Crippen LogP contribution in [0.25, 0.3) is 0 Å². The molecule has 2 aromatic carbocycles. The molecule has 96 heavy (non-hydrogen) atoms. The molecule has 0 saturated heterocycles. The molecule has 11 amide bonds. The van der Waals surface area contributed by atoms with Gasteiger partial charge < -0.3 is 108 Å². The summed E-state index contributed by atoms with van der Waals surface area (Å²) in [7, 11) is 0. The normalized spacial score (nSPS) is 14.2. The number of amides is 11. The summed E-state index contributed by atoms with van der Waals surface area (Å²) < 4.78 is 0. The highest BCUT2D eigenvalue weighted by atomic mass is 16.4. The van der Waals surface area contributed by atoms with Crippen LogP contribution in [0.5, 0.6) is 5.75 Å². The van der Waals surface area contributed by atoms with Crippen LogP contribution in [0.3, 0.4) is 0 Å². The van der Waals surface area contributed by atoms with E-state index in [0.29, 0.717) is 11.3 Å². The van der Waals surface area contributed by atoms with Gasteiger partial charge in [0.1, 0.15) is 66.7 Å². The van der Waals surface area contributed by atoms with Gasteiger partial charge in [-0.2, -0.15) is 0 Å². The Balaban J connectivity index is 1.95. The second kappa shape index (κ2) is 40.6. The lowest BCUT2D eigenvalue weighted by Crippen LogP contribution is -2.62. The minimum Gasteiger partial charge on any atom is -0.508 e. The number of carbonyl (C=O) groups is 12. The van der Waals surface area contributed by atoms with Crippen LogP contribution in [-0.4, -0.2) is 195 Å². The van der Waals surface area contributed by atoms with Gasteiger partial charge in [-0.25, -0.2) is 4.98 Å². The molecule has 35 heteroatoms.